The topological polar surface area (TPSA) is 124 Å². The largest absolute Gasteiger partial charge is 0.333 e. The van der Waals surface area contributed by atoms with Gasteiger partial charge in [0.15, 0.2) is 4.80 Å². The van der Waals surface area contributed by atoms with Gasteiger partial charge in [0, 0.05) is 30.0 Å². The van der Waals surface area contributed by atoms with Gasteiger partial charge in [-0.3, -0.25) is 29.6 Å². The minimum absolute atomic E-state index is 0.0364. The summed E-state index contributed by atoms with van der Waals surface area (Å²) in [5, 5.41) is 21.9. The SMILES string of the molecule is O=c1c(=Cc2cccc([N+](=O)[O-])c2)sc2n1CN(c1cccc([N+](=O)[O-])c1)CN=2. The maximum Gasteiger partial charge on any atom is 0.271 e. The van der Waals surface area contributed by atoms with Gasteiger partial charge in [-0.1, -0.05) is 29.5 Å². The molecule has 0 radical (unpaired) electrons. The summed E-state index contributed by atoms with van der Waals surface area (Å²) in [6.07, 6.45) is 1.60. The number of thiazole rings is 1. The highest BCUT2D eigenvalue weighted by molar-refractivity contribution is 7.07. The minimum atomic E-state index is -0.490. The first-order valence-electron chi connectivity index (χ1n) is 8.42. The molecule has 0 N–H and O–H groups in total. The number of fused-ring (bicyclic) bond motifs is 1. The molecule has 0 bridgehead atoms. The van der Waals surface area contributed by atoms with Crippen LogP contribution < -0.4 is 19.8 Å². The molecule has 0 fully saturated rings. The summed E-state index contributed by atoms with van der Waals surface area (Å²) in [5.74, 6) is 0. The molecular weight excluding hydrogens is 398 g/mol. The van der Waals surface area contributed by atoms with Crippen LogP contribution in [-0.2, 0) is 6.67 Å². The normalized spacial score (nSPS) is 13.7. The van der Waals surface area contributed by atoms with E-state index in [9.17, 15) is 25.0 Å². The summed E-state index contributed by atoms with van der Waals surface area (Å²) in [4.78, 5) is 40.5. The van der Waals surface area contributed by atoms with Crippen LogP contribution in [0.3, 0.4) is 0 Å². The van der Waals surface area contributed by atoms with Crippen LogP contribution in [0.2, 0.25) is 0 Å². The van der Waals surface area contributed by atoms with E-state index < -0.39 is 9.85 Å². The van der Waals surface area contributed by atoms with Crippen LogP contribution in [0.15, 0.2) is 58.3 Å². The summed E-state index contributed by atoms with van der Waals surface area (Å²) in [7, 11) is 0. The third kappa shape index (κ3) is 3.62. The van der Waals surface area contributed by atoms with Gasteiger partial charge in [-0.05, 0) is 17.7 Å². The first-order chi connectivity index (χ1) is 13.9. The van der Waals surface area contributed by atoms with Gasteiger partial charge in [-0.2, -0.15) is 0 Å². The highest BCUT2D eigenvalue weighted by Gasteiger charge is 2.18. The van der Waals surface area contributed by atoms with Crippen LogP contribution in [0.4, 0.5) is 17.1 Å². The Bertz CT molecular complexity index is 1310. The fraction of sp³-hybridized carbons (Fsp3) is 0.111. The third-order valence-electron chi connectivity index (χ3n) is 4.36. The minimum Gasteiger partial charge on any atom is -0.333 e. The summed E-state index contributed by atoms with van der Waals surface area (Å²) < 4.78 is 1.89. The Morgan fingerprint density at radius 2 is 1.72 bits per heavy atom. The van der Waals surface area contributed by atoms with E-state index in [0.29, 0.717) is 20.6 Å². The molecule has 0 amide bonds. The van der Waals surface area contributed by atoms with Crippen molar-refractivity contribution in [1.29, 1.82) is 0 Å². The predicted octanol–water partition coefficient (Wildman–Crippen LogP) is 1.61. The molecule has 29 heavy (non-hydrogen) atoms. The summed E-state index contributed by atoms with van der Waals surface area (Å²) in [5.41, 5.74) is 0.782. The number of anilines is 1. The second kappa shape index (κ2) is 7.28. The zero-order chi connectivity index (χ0) is 20.5. The monoisotopic (exact) mass is 411 g/mol. The Labute approximate surface area is 166 Å². The van der Waals surface area contributed by atoms with Gasteiger partial charge in [0.05, 0.1) is 14.4 Å². The number of hydrogen-bond donors (Lipinski definition) is 0. The van der Waals surface area contributed by atoms with Gasteiger partial charge in [0.25, 0.3) is 16.9 Å². The molecule has 0 unspecified atom stereocenters. The number of nitro benzene ring substituents is 2. The molecule has 146 valence electrons. The average molecular weight is 411 g/mol. The highest BCUT2D eigenvalue weighted by Crippen LogP contribution is 2.22. The van der Waals surface area contributed by atoms with Crippen molar-refractivity contribution in [2.24, 2.45) is 4.99 Å². The number of aromatic nitrogens is 1. The first kappa shape index (κ1) is 18.5. The van der Waals surface area contributed by atoms with Crippen LogP contribution in [0.25, 0.3) is 6.08 Å². The van der Waals surface area contributed by atoms with Crippen LogP contribution >= 0.6 is 11.3 Å². The average Bonchev–Trinajstić information content (AvgIpc) is 3.03. The molecule has 2 heterocycles. The number of rotatable bonds is 4. The molecule has 11 heteroatoms. The molecule has 0 atom stereocenters. The van der Waals surface area contributed by atoms with Crippen molar-refractivity contribution >= 4 is 34.5 Å². The lowest BCUT2D eigenvalue weighted by atomic mass is 10.2. The maximum absolute atomic E-state index is 12.8. The Balaban J connectivity index is 1.69. The highest BCUT2D eigenvalue weighted by atomic mass is 32.1. The van der Waals surface area contributed by atoms with Gasteiger partial charge in [0.1, 0.15) is 13.3 Å². The summed E-state index contributed by atoms with van der Waals surface area (Å²) in [6, 6.07) is 12.2. The van der Waals surface area contributed by atoms with E-state index in [1.54, 1.807) is 35.2 Å². The fourth-order valence-corrected chi connectivity index (χ4v) is 3.92. The Kier molecular flexibility index (Phi) is 4.64. The van der Waals surface area contributed by atoms with Gasteiger partial charge in [0.2, 0.25) is 0 Å². The maximum atomic E-state index is 12.8. The first-order valence-corrected chi connectivity index (χ1v) is 9.24. The molecule has 0 saturated heterocycles. The zero-order valence-corrected chi connectivity index (χ0v) is 15.6. The molecule has 1 aromatic heterocycles. The third-order valence-corrected chi connectivity index (χ3v) is 5.41. The standard InChI is InChI=1S/C18H13N5O5S/c24-17-16(8-12-3-1-5-14(7-12)22(25)26)29-18-19-10-20(11-21(17)18)13-4-2-6-15(9-13)23(27)28/h1-9H,10-11H2. The van der Waals surface area contributed by atoms with Gasteiger partial charge < -0.3 is 4.90 Å². The van der Waals surface area contributed by atoms with Crippen LogP contribution in [0, 0.1) is 20.2 Å². The van der Waals surface area contributed by atoms with E-state index >= 15 is 0 Å². The molecule has 0 aliphatic carbocycles. The fourth-order valence-electron chi connectivity index (χ4n) is 2.96. The van der Waals surface area contributed by atoms with Crippen molar-refractivity contribution in [3.05, 3.63) is 94.0 Å². The quantitative estimate of drug-likeness (QED) is 0.475. The van der Waals surface area contributed by atoms with Crippen LogP contribution in [0.1, 0.15) is 5.56 Å². The molecular formula is C18H13N5O5S. The predicted molar refractivity (Wildman–Crippen MR) is 106 cm³/mol. The van der Waals surface area contributed by atoms with Gasteiger partial charge >= 0.3 is 0 Å². The molecule has 3 aromatic rings. The van der Waals surface area contributed by atoms with E-state index in [0.717, 1.165) is 0 Å². The number of nitrogens with zero attached hydrogens (tertiary/aromatic N) is 5. The molecule has 10 nitrogen and oxygen atoms in total. The molecule has 1 aliphatic heterocycles. The van der Waals surface area contributed by atoms with Crippen molar-refractivity contribution in [3.63, 3.8) is 0 Å². The van der Waals surface area contributed by atoms with E-state index in [2.05, 4.69) is 4.99 Å². The second-order valence-electron chi connectivity index (χ2n) is 6.24. The second-order valence-corrected chi connectivity index (χ2v) is 7.25. The number of hydrogen-bond acceptors (Lipinski definition) is 8. The molecule has 0 spiro atoms. The van der Waals surface area contributed by atoms with Gasteiger partial charge in [-0.15, -0.1) is 0 Å². The molecule has 0 saturated carbocycles. The number of benzene rings is 2. The number of non-ortho nitro benzene ring substituents is 2. The summed E-state index contributed by atoms with van der Waals surface area (Å²) >= 11 is 1.20. The van der Waals surface area contributed by atoms with E-state index in [1.165, 1.54) is 40.2 Å². The van der Waals surface area contributed by atoms with Crippen molar-refractivity contribution in [2.45, 2.75) is 6.67 Å². The van der Waals surface area contributed by atoms with Crippen molar-refractivity contribution < 1.29 is 9.85 Å². The van der Waals surface area contributed by atoms with E-state index in [1.807, 2.05) is 0 Å². The van der Waals surface area contributed by atoms with Crippen molar-refractivity contribution in [2.75, 3.05) is 11.6 Å². The molecule has 1 aliphatic rings. The smallest absolute Gasteiger partial charge is 0.271 e. The zero-order valence-electron chi connectivity index (χ0n) is 14.8. The van der Waals surface area contributed by atoms with E-state index in [4.69, 9.17) is 0 Å². The van der Waals surface area contributed by atoms with Crippen LogP contribution in [-0.4, -0.2) is 21.1 Å². The Morgan fingerprint density at radius 1 is 1.03 bits per heavy atom. The van der Waals surface area contributed by atoms with E-state index in [-0.39, 0.29) is 30.3 Å². The Morgan fingerprint density at radius 3 is 2.45 bits per heavy atom. The Hall–Kier alpha value is -3.86. The molecule has 4 rings (SSSR count). The lowest BCUT2D eigenvalue weighted by molar-refractivity contribution is -0.385. The van der Waals surface area contributed by atoms with Crippen molar-refractivity contribution in [1.82, 2.24) is 4.57 Å². The van der Waals surface area contributed by atoms with Crippen LogP contribution in [0.5, 0.6) is 0 Å². The lowest BCUT2D eigenvalue weighted by Crippen LogP contribution is -2.42. The lowest BCUT2D eigenvalue weighted by Gasteiger charge is -2.25. The number of nitro groups is 2. The van der Waals surface area contributed by atoms with Gasteiger partial charge in [-0.25, -0.2) is 4.99 Å². The molecule has 2 aromatic carbocycles. The van der Waals surface area contributed by atoms with Crippen molar-refractivity contribution in [3.8, 4) is 0 Å². The summed E-state index contributed by atoms with van der Waals surface area (Å²) in [6.45, 7) is 0.468.